The summed E-state index contributed by atoms with van der Waals surface area (Å²) in [5.41, 5.74) is -1.06. The highest BCUT2D eigenvalue weighted by atomic mass is 79.9. The van der Waals surface area contributed by atoms with Crippen LogP contribution < -0.4 is 22.3 Å². The summed E-state index contributed by atoms with van der Waals surface area (Å²) in [4.78, 5) is 37.5. The molecule has 2 N–H and O–H groups in total. The highest BCUT2D eigenvalue weighted by Gasteiger charge is 2.49. The Labute approximate surface area is 210 Å². The van der Waals surface area contributed by atoms with Crippen molar-refractivity contribution >= 4 is 17.8 Å². The predicted octanol–water partition coefficient (Wildman–Crippen LogP) is -0.956. The van der Waals surface area contributed by atoms with Crippen LogP contribution in [-0.2, 0) is 19.9 Å². The molecule has 1 aromatic carbocycles. The Balaban J connectivity index is 0.00000324. The molecule has 1 aromatic heterocycles. The maximum atomic E-state index is 13.4. The van der Waals surface area contributed by atoms with Crippen molar-refractivity contribution in [1.29, 1.82) is 0 Å². The van der Waals surface area contributed by atoms with Gasteiger partial charge in [0.1, 0.15) is 19.2 Å². The van der Waals surface area contributed by atoms with Crippen LogP contribution in [0.2, 0.25) is 0 Å². The molecule has 34 heavy (non-hydrogen) atoms. The van der Waals surface area contributed by atoms with Crippen molar-refractivity contribution in [2.24, 2.45) is 5.92 Å². The molecule has 1 saturated heterocycles. The number of carbonyl (C=O) groups is 2. The molecule has 0 bridgehead atoms. The van der Waals surface area contributed by atoms with E-state index < -0.39 is 11.6 Å². The first-order valence-corrected chi connectivity index (χ1v) is 11.6. The lowest BCUT2D eigenvalue weighted by molar-refractivity contribution is -0.890. The minimum absolute atomic E-state index is 0. The SMILES string of the molecule is C[N@@+]1(CC(=O)Nc2ncncn2)CCC(OC(=O)C(O)(c2ccccc2)C2CCCCC2)C1.[Br-]. The number of nitrogens with zero attached hydrogens (tertiary/aromatic N) is 4. The number of anilines is 1. The lowest BCUT2D eigenvalue weighted by Crippen LogP contribution is -3.00. The fourth-order valence-electron chi connectivity index (χ4n) is 5.16. The van der Waals surface area contributed by atoms with Crippen LogP contribution in [-0.4, -0.2) is 69.2 Å². The fraction of sp³-hybridized carbons (Fsp3) is 0.542. The van der Waals surface area contributed by atoms with Gasteiger partial charge in [-0.25, -0.2) is 19.7 Å². The summed E-state index contributed by atoms with van der Waals surface area (Å²) >= 11 is 0. The summed E-state index contributed by atoms with van der Waals surface area (Å²) in [6, 6.07) is 9.15. The van der Waals surface area contributed by atoms with Gasteiger partial charge >= 0.3 is 5.97 Å². The zero-order chi connectivity index (χ0) is 23.3. The van der Waals surface area contributed by atoms with Crippen LogP contribution in [0.1, 0.15) is 44.1 Å². The topological polar surface area (TPSA) is 114 Å². The number of hydrogen-bond acceptors (Lipinski definition) is 7. The number of aliphatic hydroxyl groups is 1. The van der Waals surface area contributed by atoms with Crippen molar-refractivity contribution in [3.05, 3.63) is 48.5 Å². The minimum Gasteiger partial charge on any atom is -1.00 e. The number of likely N-dealkylation sites (tertiary alicyclic amines) is 1. The molecule has 1 amide bonds. The molecule has 2 aliphatic rings. The summed E-state index contributed by atoms with van der Waals surface area (Å²) in [6.45, 7) is 1.41. The average Bonchev–Trinajstić information content (AvgIpc) is 3.19. The van der Waals surface area contributed by atoms with E-state index >= 15 is 0 Å². The number of halogens is 1. The third-order valence-electron chi connectivity index (χ3n) is 6.90. The maximum absolute atomic E-state index is 13.4. The Bertz CT molecular complexity index is 960. The van der Waals surface area contributed by atoms with E-state index in [-0.39, 0.29) is 47.4 Å². The van der Waals surface area contributed by atoms with E-state index in [2.05, 4.69) is 20.3 Å². The lowest BCUT2D eigenvalue weighted by atomic mass is 9.73. The van der Waals surface area contributed by atoms with Gasteiger partial charge in [-0.15, -0.1) is 0 Å². The molecule has 1 aliphatic carbocycles. The van der Waals surface area contributed by atoms with E-state index in [0.717, 1.165) is 32.1 Å². The lowest BCUT2D eigenvalue weighted by Gasteiger charge is -2.37. The Morgan fingerprint density at radius 3 is 2.47 bits per heavy atom. The van der Waals surface area contributed by atoms with Gasteiger partial charge in [0, 0.05) is 12.3 Å². The number of ether oxygens (including phenoxy) is 1. The second-order valence-electron chi connectivity index (χ2n) is 9.48. The molecule has 2 fully saturated rings. The first-order chi connectivity index (χ1) is 15.9. The number of rotatable bonds is 7. The van der Waals surface area contributed by atoms with Crippen LogP contribution in [0.25, 0.3) is 0 Å². The Kier molecular flexibility index (Phi) is 8.72. The summed E-state index contributed by atoms with van der Waals surface area (Å²) in [5, 5.41) is 14.4. The second kappa shape index (κ2) is 11.3. The number of likely N-dealkylation sites (N-methyl/N-ethyl adjacent to an activating group) is 1. The molecule has 9 nitrogen and oxygen atoms in total. The van der Waals surface area contributed by atoms with Crippen LogP contribution in [0, 0.1) is 5.92 Å². The number of carbonyl (C=O) groups excluding carboxylic acids is 2. The van der Waals surface area contributed by atoms with E-state index in [1.165, 1.54) is 12.7 Å². The quantitative estimate of drug-likeness (QED) is 0.348. The van der Waals surface area contributed by atoms with E-state index in [1.54, 1.807) is 12.1 Å². The summed E-state index contributed by atoms with van der Waals surface area (Å²) in [5.74, 6) is -0.730. The van der Waals surface area contributed by atoms with Crippen LogP contribution in [0.4, 0.5) is 5.95 Å². The zero-order valence-corrected chi connectivity index (χ0v) is 21.0. The molecule has 184 valence electrons. The molecule has 2 unspecified atom stereocenters. The van der Waals surface area contributed by atoms with Crippen LogP contribution in [0.15, 0.2) is 43.0 Å². The number of benzene rings is 1. The highest BCUT2D eigenvalue weighted by molar-refractivity contribution is 5.89. The van der Waals surface area contributed by atoms with E-state index in [9.17, 15) is 14.7 Å². The van der Waals surface area contributed by atoms with Gasteiger partial charge in [-0.1, -0.05) is 49.6 Å². The van der Waals surface area contributed by atoms with Crippen molar-refractivity contribution in [3.8, 4) is 0 Å². The van der Waals surface area contributed by atoms with Crippen molar-refractivity contribution < 1.29 is 40.9 Å². The first-order valence-electron chi connectivity index (χ1n) is 11.6. The monoisotopic (exact) mass is 533 g/mol. The Morgan fingerprint density at radius 2 is 1.79 bits per heavy atom. The van der Waals surface area contributed by atoms with Gasteiger partial charge in [0.2, 0.25) is 5.95 Å². The molecular formula is C24H32BrN5O4. The smallest absolute Gasteiger partial charge is 0.343 e. The number of nitrogens with one attached hydrogen (secondary N) is 1. The van der Waals surface area contributed by atoms with Gasteiger partial charge < -0.3 is 31.3 Å². The van der Waals surface area contributed by atoms with E-state index in [4.69, 9.17) is 4.74 Å². The summed E-state index contributed by atoms with van der Waals surface area (Å²) < 4.78 is 6.34. The highest BCUT2D eigenvalue weighted by Crippen LogP contribution is 2.41. The van der Waals surface area contributed by atoms with Crippen LogP contribution in [0.3, 0.4) is 0 Å². The minimum atomic E-state index is -1.65. The molecule has 0 spiro atoms. The number of hydrogen-bond donors (Lipinski definition) is 2. The van der Waals surface area contributed by atoms with Crippen molar-refractivity contribution in [1.82, 2.24) is 15.0 Å². The molecule has 3 atom stereocenters. The summed E-state index contributed by atoms with van der Waals surface area (Å²) in [6.07, 6.45) is 7.66. The van der Waals surface area contributed by atoms with Gasteiger partial charge in [-0.05, 0) is 18.4 Å². The Morgan fingerprint density at radius 1 is 1.12 bits per heavy atom. The van der Waals surface area contributed by atoms with E-state index in [1.807, 2.05) is 25.2 Å². The van der Waals surface area contributed by atoms with Crippen molar-refractivity contribution in [3.63, 3.8) is 0 Å². The maximum Gasteiger partial charge on any atom is 0.343 e. The molecule has 10 heteroatoms. The number of amides is 1. The van der Waals surface area contributed by atoms with Gasteiger partial charge in [0.05, 0.1) is 13.6 Å². The van der Waals surface area contributed by atoms with Gasteiger partial charge in [0.15, 0.2) is 18.2 Å². The van der Waals surface area contributed by atoms with Crippen LogP contribution in [0.5, 0.6) is 0 Å². The standard InChI is InChI=1S/C24H31N5O4.BrH/c1-29(15-21(30)28-23-26-16-25-17-27-23)13-12-20(14-29)33-22(31)24(32,18-8-4-2-5-9-18)19-10-6-3-7-11-19;/h2,4-5,8-9,16-17,19-20,32H,3,6-7,10-15H2,1H3;1H/t20?,24?,29-;/m1./s1. The molecule has 2 aromatic rings. The first kappa shape index (κ1) is 26.2. The molecule has 2 heterocycles. The summed E-state index contributed by atoms with van der Waals surface area (Å²) in [7, 11) is 1.96. The zero-order valence-electron chi connectivity index (χ0n) is 19.4. The second-order valence-corrected chi connectivity index (χ2v) is 9.48. The van der Waals surface area contributed by atoms with E-state index in [0.29, 0.717) is 29.6 Å². The molecule has 1 aliphatic heterocycles. The Hall–Kier alpha value is -2.43. The van der Waals surface area contributed by atoms with Gasteiger partial charge in [0.25, 0.3) is 5.91 Å². The molecule has 4 rings (SSSR count). The normalized spacial score (nSPS) is 24.5. The number of quaternary nitrogens is 1. The number of aromatic nitrogens is 3. The molecule has 0 radical (unpaired) electrons. The average molecular weight is 534 g/mol. The molecule has 1 saturated carbocycles. The van der Waals surface area contributed by atoms with Crippen LogP contribution >= 0.6 is 0 Å². The third-order valence-corrected chi connectivity index (χ3v) is 6.90. The third kappa shape index (κ3) is 5.97. The van der Waals surface area contributed by atoms with Gasteiger partial charge in [-0.3, -0.25) is 10.1 Å². The molecular weight excluding hydrogens is 502 g/mol. The van der Waals surface area contributed by atoms with Crippen molar-refractivity contribution in [2.45, 2.75) is 50.2 Å². The number of esters is 1. The van der Waals surface area contributed by atoms with Gasteiger partial charge in [-0.2, -0.15) is 0 Å². The predicted molar refractivity (Wildman–Crippen MR) is 121 cm³/mol. The fourth-order valence-corrected chi connectivity index (χ4v) is 5.16. The van der Waals surface area contributed by atoms with Crippen molar-refractivity contribution in [2.75, 3.05) is 32.0 Å². The largest absolute Gasteiger partial charge is 1.00 e.